The molecule has 2 heteroatoms. The highest BCUT2D eigenvalue weighted by Crippen LogP contribution is 2.84. The van der Waals surface area contributed by atoms with Crippen LogP contribution in [0.3, 0.4) is 0 Å². The second kappa shape index (κ2) is 5.59. The van der Waals surface area contributed by atoms with Gasteiger partial charge in [-0.3, -0.25) is 4.79 Å². The van der Waals surface area contributed by atoms with Gasteiger partial charge in [0, 0.05) is 5.56 Å². The highest BCUT2D eigenvalue weighted by Gasteiger charge is 2.76. The third kappa shape index (κ3) is 2.01. The van der Waals surface area contributed by atoms with Crippen molar-refractivity contribution in [3.05, 3.63) is 64.7 Å². The quantitative estimate of drug-likeness (QED) is 0.536. The average Bonchev–Trinajstić information content (AvgIpc) is 3.19. The molecule has 4 aliphatic rings. The highest BCUT2D eigenvalue weighted by molar-refractivity contribution is 5.82. The van der Waals surface area contributed by atoms with E-state index in [1.54, 1.807) is 0 Å². The Balaban J connectivity index is 1.33. The van der Waals surface area contributed by atoms with Crippen LogP contribution in [-0.4, -0.2) is 11.4 Å². The Morgan fingerprint density at radius 3 is 2.50 bits per heavy atom. The third-order valence-electron chi connectivity index (χ3n) is 8.76. The molecule has 4 aliphatic carbocycles. The Morgan fingerprint density at radius 2 is 1.79 bits per heavy atom. The first kappa shape index (κ1) is 16.6. The summed E-state index contributed by atoms with van der Waals surface area (Å²) < 4.78 is 0. The van der Waals surface area contributed by atoms with Crippen LogP contribution in [0.15, 0.2) is 42.5 Å². The normalized spacial score (nSPS) is 37.2. The van der Waals surface area contributed by atoms with Gasteiger partial charge in [0.25, 0.3) is 0 Å². The van der Waals surface area contributed by atoms with Crippen molar-refractivity contribution in [2.45, 2.75) is 38.5 Å². The van der Waals surface area contributed by atoms with Gasteiger partial charge in [-0.2, -0.15) is 0 Å². The Kier molecular flexibility index (Phi) is 3.31. The largest absolute Gasteiger partial charge is 0.508 e. The van der Waals surface area contributed by atoms with E-state index < -0.39 is 0 Å². The molecule has 28 heavy (non-hydrogen) atoms. The predicted molar refractivity (Wildman–Crippen MR) is 111 cm³/mol. The van der Waals surface area contributed by atoms with Gasteiger partial charge < -0.3 is 5.11 Å². The molecule has 2 aromatic carbocycles. The molecule has 0 radical (unpaired) electrons. The molecule has 4 fully saturated rings. The molecule has 0 aliphatic heterocycles. The van der Waals surface area contributed by atoms with Gasteiger partial charge in [0.05, 0.1) is 0 Å². The topological polar surface area (TPSA) is 37.3 Å². The van der Waals surface area contributed by atoms with Crippen molar-refractivity contribution in [2.75, 3.05) is 0 Å². The molecule has 0 aromatic heterocycles. The molecule has 0 saturated heterocycles. The lowest BCUT2D eigenvalue weighted by atomic mass is 9.37. The minimum Gasteiger partial charge on any atom is -0.508 e. The number of fused-ring (bicyclic) bond motifs is 1. The molecule has 6 unspecified atom stereocenters. The van der Waals surface area contributed by atoms with Crippen LogP contribution in [0.25, 0.3) is 11.6 Å². The summed E-state index contributed by atoms with van der Waals surface area (Å²) in [7, 11) is 0. The van der Waals surface area contributed by atoms with Crippen molar-refractivity contribution in [3.8, 4) is 5.75 Å². The first-order chi connectivity index (χ1) is 13.6. The van der Waals surface area contributed by atoms with Gasteiger partial charge in [-0.25, -0.2) is 0 Å². The van der Waals surface area contributed by atoms with Gasteiger partial charge in [-0.15, -0.1) is 0 Å². The summed E-state index contributed by atoms with van der Waals surface area (Å²) in [5, 5.41) is 10.7. The van der Waals surface area contributed by atoms with E-state index >= 15 is 0 Å². The highest BCUT2D eigenvalue weighted by atomic mass is 16.3. The average molecular weight is 370 g/mol. The molecule has 6 rings (SSSR count). The predicted octanol–water partition coefficient (Wildman–Crippen LogP) is 5.91. The zero-order valence-corrected chi connectivity index (χ0v) is 16.3. The molecule has 1 N–H and O–H groups in total. The van der Waals surface area contributed by atoms with Crippen LogP contribution < -0.4 is 0 Å². The van der Waals surface area contributed by atoms with Crippen molar-refractivity contribution < 1.29 is 9.90 Å². The van der Waals surface area contributed by atoms with Gasteiger partial charge in [-0.1, -0.05) is 36.4 Å². The van der Waals surface area contributed by atoms with Crippen LogP contribution in [0, 0.1) is 29.1 Å². The summed E-state index contributed by atoms with van der Waals surface area (Å²) >= 11 is 0. The Labute approximate surface area is 166 Å². The van der Waals surface area contributed by atoms with Gasteiger partial charge in [0.15, 0.2) is 0 Å². The van der Waals surface area contributed by atoms with Crippen LogP contribution in [0.2, 0.25) is 0 Å². The number of carbonyl (C=O) groups is 1. The zero-order valence-electron chi connectivity index (χ0n) is 16.3. The van der Waals surface area contributed by atoms with Crippen molar-refractivity contribution in [1.82, 2.24) is 0 Å². The smallest absolute Gasteiger partial charge is 0.150 e. The number of benzene rings is 2. The zero-order chi connectivity index (χ0) is 19.0. The van der Waals surface area contributed by atoms with Crippen LogP contribution in [0.5, 0.6) is 5.75 Å². The third-order valence-corrected chi connectivity index (χ3v) is 8.76. The van der Waals surface area contributed by atoms with E-state index in [1.807, 2.05) is 36.4 Å². The van der Waals surface area contributed by atoms with E-state index in [0.29, 0.717) is 22.6 Å². The number of hydrogen-bond acceptors (Lipinski definition) is 2. The summed E-state index contributed by atoms with van der Waals surface area (Å²) in [6, 6.07) is 13.9. The van der Waals surface area contributed by atoms with E-state index in [0.717, 1.165) is 35.5 Å². The fourth-order valence-corrected chi connectivity index (χ4v) is 7.57. The van der Waals surface area contributed by atoms with E-state index in [-0.39, 0.29) is 0 Å². The fraction of sp³-hybridized carbons (Fsp3) is 0.423. The van der Waals surface area contributed by atoms with Gasteiger partial charge in [-0.05, 0) is 102 Å². The molecule has 0 amide bonds. The van der Waals surface area contributed by atoms with E-state index in [2.05, 4.69) is 19.1 Å². The van der Waals surface area contributed by atoms with E-state index in [4.69, 9.17) is 0 Å². The fourth-order valence-electron chi connectivity index (χ4n) is 7.57. The maximum atomic E-state index is 10.8. The van der Waals surface area contributed by atoms with E-state index in [1.165, 1.54) is 42.4 Å². The van der Waals surface area contributed by atoms with Crippen LogP contribution in [-0.2, 0) is 0 Å². The molecule has 2 bridgehead atoms. The van der Waals surface area contributed by atoms with Crippen LogP contribution >= 0.6 is 0 Å². The van der Waals surface area contributed by atoms with Crippen molar-refractivity contribution >= 4 is 17.9 Å². The summed E-state index contributed by atoms with van der Waals surface area (Å²) in [6.45, 7) is 2.13. The molecular formula is C26H26O2. The minimum absolute atomic E-state index is 0.486. The number of rotatable bonds is 4. The van der Waals surface area contributed by atoms with Crippen molar-refractivity contribution in [2.24, 2.45) is 29.1 Å². The molecule has 2 nitrogen and oxygen atoms in total. The maximum absolute atomic E-state index is 10.8. The number of phenols is 1. The molecule has 4 saturated carbocycles. The van der Waals surface area contributed by atoms with Gasteiger partial charge in [0.1, 0.15) is 12.0 Å². The number of allylic oxidation sites excluding steroid dienone is 1. The summed E-state index contributed by atoms with van der Waals surface area (Å²) in [5.41, 5.74) is 6.03. The second-order valence-corrected chi connectivity index (χ2v) is 9.70. The molecule has 1 spiro atoms. The number of aromatic hydroxyl groups is 1. The Morgan fingerprint density at radius 1 is 1.04 bits per heavy atom. The molecule has 0 heterocycles. The first-order valence-electron chi connectivity index (χ1n) is 10.7. The van der Waals surface area contributed by atoms with Crippen LogP contribution in [0.4, 0.5) is 0 Å². The van der Waals surface area contributed by atoms with Gasteiger partial charge in [0.2, 0.25) is 0 Å². The monoisotopic (exact) mass is 370 g/mol. The summed E-state index contributed by atoms with van der Waals surface area (Å²) in [5.74, 6) is 4.64. The number of phenolic OH excluding ortho intramolecular Hbond substituents is 1. The first-order valence-corrected chi connectivity index (χ1v) is 10.7. The molecule has 2 aromatic rings. The molecule has 142 valence electrons. The van der Waals surface area contributed by atoms with Crippen LogP contribution in [0.1, 0.15) is 65.6 Å². The van der Waals surface area contributed by atoms with E-state index in [9.17, 15) is 9.90 Å². The maximum Gasteiger partial charge on any atom is 0.150 e. The summed E-state index contributed by atoms with van der Waals surface area (Å²) in [6.07, 6.45) is 8.71. The molecule has 6 atom stereocenters. The number of aldehydes is 1. The Hall–Kier alpha value is -2.35. The van der Waals surface area contributed by atoms with Gasteiger partial charge >= 0.3 is 0 Å². The second-order valence-electron chi connectivity index (χ2n) is 9.70. The summed E-state index contributed by atoms with van der Waals surface area (Å²) in [4.78, 5) is 10.8. The standard InChI is InChI=1S/C26H26O2/c1-15(8-16-2-4-17(14-27)5-3-16)18-6-7-24(28)22(10-18)25-19-9-20-11-21-12-23(25)26(20,21)13-19/h2-8,10,14,19-21,23,25,28H,9,11-13H2,1H3/b15-8+. The SMILES string of the molecule is C/C(=C\c1ccc(C=O)cc1)c1ccc(O)c(C2C3CC4CC5CC2C45C3)c1. The number of hydrogen-bond donors (Lipinski definition) is 1. The lowest BCUT2D eigenvalue weighted by molar-refractivity contribution is -0.181. The van der Waals surface area contributed by atoms with Crippen molar-refractivity contribution in [3.63, 3.8) is 0 Å². The molecular weight excluding hydrogens is 344 g/mol. The lowest BCUT2D eigenvalue weighted by Crippen LogP contribution is -2.60. The minimum atomic E-state index is 0.486. The van der Waals surface area contributed by atoms with Crippen molar-refractivity contribution in [1.29, 1.82) is 0 Å². The Bertz CT molecular complexity index is 1000. The lowest BCUT2D eigenvalue weighted by Gasteiger charge is -2.68. The number of carbonyl (C=O) groups excluding carboxylic acids is 1.